The number of hydrogen-bond donors (Lipinski definition) is 4. The summed E-state index contributed by atoms with van der Waals surface area (Å²) in [4.78, 5) is 62.1. The van der Waals surface area contributed by atoms with Crippen molar-refractivity contribution >= 4 is 35.4 Å². The highest BCUT2D eigenvalue weighted by molar-refractivity contribution is 5.96. The van der Waals surface area contributed by atoms with Crippen molar-refractivity contribution < 1.29 is 33.4 Å². The Hall–Kier alpha value is -3.67. The minimum Gasteiger partial charge on any atom is -0.445 e. The molecule has 0 spiro atoms. The number of carbonyl (C=O) groups is 5. The van der Waals surface area contributed by atoms with Crippen LogP contribution in [0.1, 0.15) is 60.5 Å². The van der Waals surface area contributed by atoms with E-state index >= 15 is 0 Å². The van der Waals surface area contributed by atoms with E-state index in [2.05, 4.69) is 21.3 Å². The van der Waals surface area contributed by atoms with Crippen molar-refractivity contribution in [2.24, 2.45) is 5.92 Å². The highest BCUT2D eigenvalue weighted by atomic mass is 16.6. The first-order chi connectivity index (χ1) is 18.4. The van der Waals surface area contributed by atoms with Crippen molar-refractivity contribution in [3.8, 4) is 0 Å². The lowest BCUT2D eigenvalue weighted by atomic mass is 10.00. The summed E-state index contributed by atoms with van der Waals surface area (Å²) >= 11 is 0. The Morgan fingerprint density at radius 2 is 1.55 bits per heavy atom. The van der Waals surface area contributed by atoms with E-state index in [0.717, 1.165) is 5.56 Å². The zero-order chi connectivity index (χ0) is 30.7. The smallest absolute Gasteiger partial charge is 0.409 e. The van der Waals surface area contributed by atoms with Gasteiger partial charge in [0.15, 0.2) is 0 Å². The third-order valence-electron chi connectivity index (χ3n) is 5.58. The molecule has 0 aromatic heterocycles. The summed E-state index contributed by atoms with van der Waals surface area (Å²) in [6, 6.07) is 5.91. The van der Waals surface area contributed by atoms with Gasteiger partial charge in [0, 0.05) is 26.7 Å². The molecule has 0 heterocycles. The maximum absolute atomic E-state index is 12.8. The Morgan fingerprint density at radius 1 is 0.950 bits per heavy atom. The van der Waals surface area contributed by atoms with Gasteiger partial charge in [-0.15, -0.1) is 0 Å². The zero-order valence-corrected chi connectivity index (χ0v) is 25.1. The van der Waals surface area contributed by atoms with Crippen molar-refractivity contribution in [2.45, 2.75) is 78.7 Å². The predicted molar refractivity (Wildman–Crippen MR) is 151 cm³/mol. The second-order valence-corrected chi connectivity index (χ2v) is 11.5. The molecule has 5 amide bonds. The maximum Gasteiger partial charge on any atom is 0.409 e. The molecular weight excluding hydrogens is 518 g/mol. The summed E-state index contributed by atoms with van der Waals surface area (Å²) in [7, 11) is 3.18. The standard InChI is InChI=1S/C28H45N5O7/c1-18(2)24(31-22(35)14-28(6,7)40-17-27(4,5)32-19(3)34)25(37)29-15-23(36)30-21-12-10-20(11-13-21)16-39-26(38)33(8)9/h10-13,18,24H,14-17H2,1-9H3,(H,29,37)(H,30,36)(H,31,35)(H,32,34). The molecule has 1 unspecified atom stereocenters. The normalized spacial score (nSPS) is 12.2. The van der Waals surface area contributed by atoms with Gasteiger partial charge >= 0.3 is 6.09 Å². The zero-order valence-electron chi connectivity index (χ0n) is 25.1. The molecule has 0 bridgehead atoms. The van der Waals surface area contributed by atoms with Crippen LogP contribution in [-0.2, 0) is 35.3 Å². The van der Waals surface area contributed by atoms with Crippen LogP contribution in [0.4, 0.5) is 10.5 Å². The lowest BCUT2D eigenvalue weighted by molar-refractivity contribution is -0.135. The Kier molecular flexibility index (Phi) is 13.1. The van der Waals surface area contributed by atoms with Gasteiger partial charge in [-0.1, -0.05) is 26.0 Å². The van der Waals surface area contributed by atoms with Crippen molar-refractivity contribution in [2.75, 3.05) is 32.6 Å². The summed E-state index contributed by atoms with van der Waals surface area (Å²) in [5, 5.41) is 10.8. The van der Waals surface area contributed by atoms with Gasteiger partial charge in [0.1, 0.15) is 12.6 Å². The Bertz CT molecular complexity index is 1040. The average molecular weight is 564 g/mol. The summed E-state index contributed by atoms with van der Waals surface area (Å²) in [6.07, 6.45) is -0.464. The number of rotatable bonds is 14. The van der Waals surface area contributed by atoms with Crippen LogP contribution in [-0.4, -0.2) is 79.1 Å². The molecule has 4 N–H and O–H groups in total. The van der Waals surface area contributed by atoms with Gasteiger partial charge < -0.3 is 35.6 Å². The maximum atomic E-state index is 12.8. The van der Waals surface area contributed by atoms with E-state index in [0.29, 0.717) is 5.69 Å². The van der Waals surface area contributed by atoms with Crippen molar-refractivity contribution in [3.05, 3.63) is 29.8 Å². The lowest BCUT2D eigenvalue weighted by Crippen LogP contribution is -2.52. The fourth-order valence-electron chi connectivity index (χ4n) is 3.53. The highest BCUT2D eigenvalue weighted by Crippen LogP contribution is 2.18. The van der Waals surface area contributed by atoms with Crippen LogP contribution in [0.5, 0.6) is 0 Å². The molecule has 0 fully saturated rings. The summed E-state index contributed by atoms with van der Waals surface area (Å²) in [5.74, 6) is -1.71. The first-order valence-corrected chi connectivity index (χ1v) is 13.1. The first-order valence-electron chi connectivity index (χ1n) is 13.1. The van der Waals surface area contributed by atoms with Gasteiger partial charge in [0.05, 0.1) is 30.7 Å². The van der Waals surface area contributed by atoms with Crippen LogP contribution in [0.2, 0.25) is 0 Å². The second-order valence-electron chi connectivity index (χ2n) is 11.5. The largest absolute Gasteiger partial charge is 0.445 e. The number of hydrogen-bond acceptors (Lipinski definition) is 7. The molecular formula is C28H45N5O7. The fraction of sp³-hybridized carbons (Fsp3) is 0.607. The van der Waals surface area contributed by atoms with E-state index in [1.807, 2.05) is 13.8 Å². The van der Waals surface area contributed by atoms with E-state index in [1.54, 1.807) is 66.1 Å². The number of benzene rings is 1. The van der Waals surface area contributed by atoms with Crippen molar-refractivity contribution in [1.29, 1.82) is 0 Å². The van der Waals surface area contributed by atoms with Crippen LogP contribution >= 0.6 is 0 Å². The van der Waals surface area contributed by atoms with Gasteiger partial charge in [-0.25, -0.2) is 4.79 Å². The Labute approximate surface area is 236 Å². The van der Waals surface area contributed by atoms with Gasteiger partial charge in [-0.05, 0) is 51.3 Å². The van der Waals surface area contributed by atoms with Gasteiger partial charge in [0.25, 0.3) is 0 Å². The topological polar surface area (TPSA) is 155 Å². The minimum atomic E-state index is -0.851. The lowest BCUT2D eigenvalue weighted by Gasteiger charge is -2.32. The molecule has 1 aromatic rings. The molecule has 0 aliphatic heterocycles. The number of carbonyl (C=O) groups excluding carboxylic acids is 5. The number of nitrogens with one attached hydrogen (secondary N) is 4. The molecule has 12 nitrogen and oxygen atoms in total. The molecule has 0 saturated carbocycles. The van der Waals surface area contributed by atoms with Crippen molar-refractivity contribution in [1.82, 2.24) is 20.9 Å². The molecule has 12 heteroatoms. The summed E-state index contributed by atoms with van der Waals surface area (Å²) in [6.45, 7) is 12.2. The first kappa shape index (κ1) is 34.4. The number of nitrogens with zero attached hydrogens (tertiary/aromatic N) is 1. The van der Waals surface area contributed by atoms with E-state index in [1.165, 1.54) is 11.8 Å². The van der Waals surface area contributed by atoms with Crippen LogP contribution in [0.3, 0.4) is 0 Å². The predicted octanol–water partition coefficient (Wildman–Crippen LogP) is 2.18. The third-order valence-corrected chi connectivity index (χ3v) is 5.58. The van der Waals surface area contributed by atoms with Crippen LogP contribution in [0, 0.1) is 5.92 Å². The highest BCUT2D eigenvalue weighted by Gasteiger charge is 2.30. The summed E-state index contributed by atoms with van der Waals surface area (Å²) in [5.41, 5.74) is -0.188. The molecule has 1 rings (SSSR count). The monoisotopic (exact) mass is 563 g/mol. The quantitative estimate of drug-likeness (QED) is 0.270. The number of ether oxygens (including phenoxy) is 2. The molecule has 0 saturated heterocycles. The Morgan fingerprint density at radius 3 is 2.08 bits per heavy atom. The fourth-order valence-corrected chi connectivity index (χ4v) is 3.53. The molecule has 224 valence electrons. The molecule has 1 atom stereocenters. The summed E-state index contributed by atoms with van der Waals surface area (Å²) < 4.78 is 11.0. The third kappa shape index (κ3) is 13.4. The van der Waals surface area contributed by atoms with Crippen LogP contribution in [0.25, 0.3) is 0 Å². The Balaban J connectivity index is 2.58. The van der Waals surface area contributed by atoms with E-state index in [-0.39, 0.29) is 43.9 Å². The number of amides is 5. The molecule has 0 radical (unpaired) electrons. The van der Waals surface area contributed by atoms with Gasteiger partial charge in [0.2, 0.25) is 23.6 Å². The van der Waals surface area contributed by atoms with Crippen LogP contribution < -0.4 is 21.3 Å². The van der Waals surface area contributed by atoms with Gasteiger partial charge in [-0.2, -0.15) is 0 Å². The molecule has 0 aliphatic carbocycles. The average Bonchev–Trinajstić information content (AvgIpc) is 2.83. The van der Waals surface area contributed by atoms with E-state index in [4.69, 9.17) is 9.47 Å². The van der Waals surface area contributed by atoms with Crippen LogP contribution in [0.15, 0.2) is 24.3 Å². The van der Waals surface area contributed by atoms with Gasteiger partial charge in [-0.3, -0.25) is 19.2 Å². The molecule has 1 aromatic carbocycles. The SMILES string of the molecule is CC(=O)NC(C)(C)COC(C)(C)CC(=O)NC(C(=O)NCC(=O)Nc1ccc(COC(=O)N(C)C)cc1)C(C)C. The van der Waals surface area contributed by atoms with E-state index < -0.39 is 35.1 Å². The molecule has 40 heavy (non-hydrogen) atoms. The van der Waals surface area contributed by atoms with Crippen molar-refractivity contribution in [3.63, 3.8) is 0 Å². The second kappa shape index (κ2) is 15.2. The van der Waals surface area contributed by atoms with E-state index in [9.17, 15) is 24.0 Å². The molecule has 0 aliphatic rings. The number of anilines is 1. The minimum absolute atomic E-state index is 0.00945.